The number of aliphatic hydroxyl groups excluding tert-OH is 3. The van der Waals surface area contributed by atoms with Gasteiger partial charge in [0.25, 0.3) is 0 Å². The molecule has 4 heteroatoms. The number of aliphatic hydroxyl groups is 3. The van der Waals surface area contributed by atoms with Gasteiger partial charge >= 0.3 is 0 Å². The lowest BCUT2D eigenvalue weighted by Gasteiger charge is -2.27. The topological polar surface area (TPSA) is 69.9 Å². The van der Waals surface area contributed by atoms with Crippen molar-refractivity contribution < 1.29 is 20.1 Å². The first-order chi connectivity index (χ1) is 11.6. The normalized spacial score (nSPS) is 20.2. The number of benzene rings is 1. The molecule has 1 aromatic rings. The minimum absolute atomic E-state index is 0.256. The van der Waals surface area contributed by atoms with Gasteiger partial charge in [-0.1, -0.05) is 60.6 Å². The largest absolute Gasteiger partial charge is 0.491 e. The molecule has 1 aliphatic rings. The Labute approximate surface area is 153 Å². The van der Waals surface area contributed by atoms with Crippen LogP contribution in [0.25, 0.3) is 0 Å². The van der Waals surface area contributed by atoms with Crippen LogP contribution < -0.4 is 4.74 Å². The first-order valence-corrected chi connectivity index (χ1v) is 9.39. The van der Waals surface area contributed by atoms with Crippen LogP contribution in [0.3, 0.4) is 0 Å². The molecule has 0 bridgehead atoms. The molecule has 0 aromatic heterocycles. The Balaban J connectivity index is 0.000000710. The second-order valence-electron chi connectivity index (χ2n) is 7.81. The first-order valence-electron chi connectivity index (χ1n) is 9.39. The standard InChI is InChI=1S/C14H20O4.C5H12.C2H6/c1-2-10(15)8-18-14-5-3-4-9-6-12(16)13(17)7-11(9)14;1-5(2,3)4;1-2/h3-5,10,12-13,15-17H,2,6-8H2,1H3;1-4H3;1-2H3. The molecule has 0 heterocycles. The van der Waals surface area contributed by atoms with Gasteiger partial charge in [0.2, 0.25) is 0 Å². The Morgan fingerprint density at radius 1 is 1.08 bits per heavy atom. The molecule has 1 aliphatic carbocycles. The maximum absolute atomic E-state index is 9.72. The molecule has 0 fully saturated rings. The maximum Gasteiger partial charge on any atom is 0.122 e. The highest BCUT2D eigenvalue weighted by molar-refractivity contribution is 5.43. The summed E-state index contributed by atoms with van der Waals surface area (Å²) in [7, 11) is 0. The molecule has 0 spiro atoms. The summed E-state index contributed by atoms with van der Waals surface area (Å²) in [4.78, 5) is 0. The van der Waals surface area contributed by atoms with Gasteiger partial charge in [-0.3, -0.25) is 0 Å². The van der Waals surface area contributed by atoms with Gasteiger partial charge in [-0.25, -0.2) is 0 Å². The molecular weight excluding hydrogens is 316 g/mol. The highest BCUT2D eigenvalue weighted by atomic mass is 16.5. The molecule has 0 saturated carbocycles. The average Bonchev–Trinajstić information content (AvgIpc) is 2.54. The fourth-order valence-corrected chi connectivity index (χ4v) is 2.18. The Bertz CT molecular complexity index is 473. The predicted octanol–water partition coefficient (Wildman–Crippen LogP) is 3.74. The molecule has 0 amide bonds. The Morgan fingerprint density at radius 3 is 2.12 bits per heavy atom. The molecule has 0 aliphatic heterocycles. The summed E-state index contributed by atoms with van der Waals surface area (Å²) in [6, 6.07) is 5.65. The van der Waals surface area contributed by atoms with Crippen LogP contribution in [-0.4, -0.2) is 40.2 Å². The summed E-state index contributed by atoms with van der Waals surface area (Å²) < 4.78 is 5.60. The Morgan fingerprint density at radius 2 is 1.60 bits per heavy atom. The van der Waals surface area contributed by atoms with Crippen LogP contribution in [0.1, 0.15) is 66.0 Å². The zero-order valence-electron chi connectivity index (χ0n) is 17.0. The van der Waals surface area contributed by atoms with Crippen LogP contribution in [0.4, 0.5) is 0 Å². The molecule has 3 N–H and O–H groups in total. The van der Waals surface area contributed by atoms with E-state index in [0.29, 0.717) is 30.4 Å². The van der Waals surface area contributed by atoms with Crippen molar-refractivity contribution in [2.75, 3.05) is 6.61 Å². The van der Waals surface area contributed by atoms with Crippen LogP contribution in [0, 0.1) is 5.41 Å². The first kappa shape index (κ1) is 23.9. The minimum atomic E-state index is -0.738. The quantitative estimate of drug-likeness (QED) is 0.770. The van der Waals surface area contributed by atoms with E-state index in [-0.39, 0.29) is 6.61 Å². The summed E-state index contributed by atoms with van der Waals surface area (Å²) in [5.74, 6) is 0.700. The predicted molar refractivity (Wildman–Crippen MR) is 104 cm³/mol. The smallest absolute Gasteiger partial charge is 0.122 e. The SMILES string of the molecule is CC.CC(C)(C)C.CCC(O)COc1cccc2c1CC(O)C(O)C2. The van der Waals surface area contributed by atoms with Gasteiger partial charge in [0.15, 0.2) is 0 Å². The molecule has 1 aromatic carbocycles. The molecule has 0 radical (unpaired) electrons. The third-order valence-electron chi connectivity index (χ3n) is 3.42. The van der Waals surface area contributed by atoms with Crippen molar-refractivity contribution in [3.05, 3.63) is 29.3 Å². The van der Waals surface area contributed by atoms with Crippen molar-refractivity contribution in [1.29, 1.82) is 0 Å². The summed E-state index contributed by atoms with van der Waals surface area (Å²) in [6.07, 6.45) is -0.415. The second kappa shape index (κ2) is 11.5. The van der Waals surface area contributed by atoms with E-state index in [1.807, 2.05) is 39.0 Å². The molecule has 2 rings (SSSR count). The second-order valence-corrected chi connectivity index (χ2v) is 7.81. The third-order valence-corrected chi connectivity index (χ3v) is 3.42. The van der Waals surface area contributed by atoms with E-state index >= 15 is 0 Å². The van der Waals surface area contributed by atoms with Gasteiger partial charge in [0.05, 0.1) is 18.3 Å². The average molecular weight is 355 g/mol. The van der Waals surface area contributed by atoms with Crippen LogP contribution in [0.2, 0.25) is 0 Å². The van der Waals surface area contributed by atoms with Crippen LogP contribution in [0.15, 0.2) is 18.2 Å². The molecule has 3 atom stereocenters. The summed E-state index contributed by atoms with van der Waals surface area (Å²) in [5, 5.41) is 28.9. The van der Waals surface area contributed by atoms with Crippen LogP contribution in [0.5, 0.6) is 5.75 Å². The number of rotatable bonds is 4. The van der Waals surface area contributed by atoms with Gasteiger partial charge in [0.1, 0.15) is 12.4 Å². The Hall–Kier alpha value is -1.10. The van der Waals surface area contributed by atoms with Crippen molar-refractivity contribution in [3.63, 3.8) is 0 Å². The van der Waals surface area contributed by atoms with E-state index in [1.54, 1.807) is 0 Å². The Kier molecular flexibility index (Phi) is 11.0. The molecule has 3 unspecified atom stereocenters. The summed E-state index contributed by atoms with van der Waals surface area (Å²) >= 11 is 0. The van der Waals surface area contributed by atoms with Gasteiger partial charge in [-0.05, 0) is 23.5 Å². The van der Waals surface area contributed by atoms with Crippen molar-refractivity contribution in [2.24, 2.45) is 5.41 Å². The zero-order chi connectivity index (χ0) is 19.6. The third kappa shape index (κ3) is 9.83. The number of hydrogen-bond acceptors (Lipinski definition) is 4. The van der Waals surface area contributed by atoms with Gasteiger partial charge < -0.3 is 20.1 Å². The van der Waals surface area contributed by atoms with Crippen molar-refractivity contribution in [2.45, 2.75) is 86.0 Å². The van der Waals surface area contributed by atoms with Crippen molar-refractivity contribution in [1.82, 2.24) is 0 Å². The lowest BCUT2D eigenvalue weighted by atomic mass is 9.87. The summed E-state index contributed by atoms with van der Waals surface area (Å²) in [6.45, 7) is 14.9. The minimum Gasteiger partial charge on any atom is -0.491 e. The molecular formula is C21H38O4. The van der Waals surface area contributed by atoms with E-state index in [2.05, 4.69) is 27.7 Å². The van der Waals surface area contributed by atoms with Gasteiger partial charge in [0, 0.05) is 18.4 Å². The van der Waals surface area contributed by atoms with Crippen LogP contribution >= 0.6 is 0 Å². The van der Waals surface area contributed by atoms with E-state index in [1.165, 1.54) is 0 Å². The fourth-order valence-electron chi connectivity index (χ4n) is 2.18. The maximum atomic E-state index is 9.72. The van der Waals surface area contributed by atoms with Crippen LogP contribution in [-0.2, 0) is 12.8 Å². The lowest BCUT2D eigenvalue weighted by molar-refractivity contribution is 0.0132. The highest BCUT2D eigenvalue weighted by Crippen LogP contribution is 2.30. The number of ether oxygens (including phenoxy) is 1. The summed E-state index contributed by atoms with van der Waals surface area (Å²) in [5.41, 5.74) is 2.45. The van der Waals surface area contributed by atoms with Crippen molar-refractivity contribution in [3.8, 4) is 5.75 Å². The number of fused-ring (bicyclic) bond motifs is 1. The highest BCUT2D eigenvalue weighted by Gasteiger charge is 2.27. The van der Waals surface area contributed by atoms with E-state index < -0.39 is 18.3 Å². The molecule has 0 saturated heterocycles. The molecule has 25 heavy (non-hydrogen) atoms. The van der Waals surface area contributed by atoms with E-state index in [4.69, 9.17) is 4.74 Å². The monoisotopic (exact) mass is 354 g/mol. The number of hydrogen-bond donors (Lipinski definition) is 3. The van der Waals surface area contributed by atoms with E-state index in [0.717, 1.165) is 11.1 Å². The molecule has 4 nitrogen and oxygen atoms in total. The fraction of sp³-hybridized carbons (Fsp3) is 0.714. The molecule has 146 valence electrons. The van der Waals surface area contributed by atoms with E-state index in [9.17, 15) is 15.3 Å². The van der Waals surface area contributed by atoms with Crippen molar-refractivity contribution >= 4 is 0 Å². The van der Waals surface area contributed by atoms with Gasteiger partial charge in [-0.2, -0.15) is 0 Å². The lowest BCUT2D eigenvalue weighted by Crippen LogP contribution is -2.34. The van der Waals surface area contributed by atoms with Gasteiger partial charge in [-0.15, -0.1) is 0 Å². The zero-order valence-corrected chi connectivity index (χ0v) is 17.0.